The molecule has 1 heterocycles. The summed E-state index contributed by atoms with van der Waals surface area (Å²) in [5, 5.41) is 4.34. The maximum absolute atomic E-state index is 4.28. The molecule has 1 unspecified atom stereocenters. The van der Waals surface area contributed by atoms with Gasteiger partial charge in [-0.15, -0.1) is 0 Å². The molecule has 1 N–H and O–H groups in total. The zero-order valence-electron chi connectivity index (χ0n) is 8.66. The lowest BCUT2D eigenvalue weighted by atomic mass is 10.0. The van der Waals surface area contributed by atoms with Crippen LogP contribution in [0.4, 0.5) is 5.13 Å². The smallest absolute Gasteiger partial charge is 0.202 e. The van der Waals surface area contributed by atoms with Crippen LogP contribution < -0.4 is 5.32 Å². The summed E-state index contributed by atoms with van der Waals surface area (Å²) >= 11 is 1.44. The highest BCUT2D eigenvalue weighted by atomic mass is 32.1. The van der Waals surface area contributed by atoms with Crippen molar-refractivity contribution in [3.8, 4) is 0 Å². The van der Waals surface area contributed by atoms with Crippen LogP contribution >= 0.6 is 11.5 Å². The molecule has 0 radical (unpaired) electrons. The fourth-order valence-corrected chi connectivity index (χ4v) is 1.89. The summed E-state index contributed by atoms with van der Waals surface area (Å²) in [7, 11) is 0. The molecular formula is C9H17N3S. The number of nitrogens with zero attached hydrogens (tertiary/aromatic N) is 2. The molecule has 0 aliphatic heterocycles. The third kappa shape index (κ3) is 2.95. The highest BCUT2D eigenvalue weighted by Crippen LogP contribution is 2.16. The molecule has 4 heteroatoms. The molecule has 74 valence electrons. The van der Waals surface area contributed by atoms with Crippen LogP contribution in [0.3, 0.4) is 0 Å². The summed E-state index contributed by atoms with van der Waals surface area (Å²) in [6, 6.07) is 0.507. The first-order valence-corrected chi connectivity index (χ1v) is 5.47. The van der Waals surface area contributed by atoms with E-state index in [-0.39, 0.29) is 0 Å². The van der Waals surface area contributed by atoms with Gasteiger partial charge in [-0.05, 0) is 19.3 Å². The number of hydrogen-bond acceptors (Lipinski definition) is 4. The van der Waals surface area contributed by atoms with Crippen LogP contribution in [-0.2, 0) is 0 Å². The lowest BCUT2D eigenvalue weighted by Crippen LogP contribution is -2.24. The molecule has 1 aromatic rings. The van der Waals surface area contributed by atoms with Gasteiger partial charge in [0.1, 0.15) is 5.82 Å². The molecular weight excluding hydrogens is 182 g/mol. The summed E-state index contributed by atoms with van der Waals surface area (Å²) in [5.41, 5.74) is 0. The minimum absolute atomic E-state index is 0.507. The molecule has 1 rings (SSSR count). The summed E-state index contributed by atoms with van der Waals surface area (Å²) < 4.78 is 4.13. The zero-order valence-corrected chi connectivity index (χ0v) is 9.48. The maximum Gasteiger partial charge on any atom is 0.202 e. The summed E-state index contributed by atoms with van der Waals surface area (Å²) in [5.74, 6) is 1.49. The van der Waals surface area contributed by atoms with Gasteiger partial charge in [0, 0.05) is 17.6 Å². The van der Waals surface area contributed by atoms with Crippen LogP contribution in [0.15, 0.2) is 0 Å². The summed E-state index contributed by atoms with van der Waals surface area (Å²) in [4.78, 5) is 4.28. The second-order valence-corrected chi connectivity index (χ2v) is 4.30. The lowest BCUT2D eigenvalue weighted by molar-refractivity contribution is 0.511. The number of rotatable bonds is 4. The Morgan fingerprint density at radius 3 is 2.54 bits per heavy atom. The monoisotopic (exact) mass is 199 g/mol. The van der Waals surface area contributed by atoms with Crippen molar-refractivity contribution in [1.82, 2.24) is 9.36 Å². The molecule has 0 aromatic carbocycles. The standard InChI is InChI=1S/C9H17N3S/c1-5-8(6(2)3)11-9-10-7(4)12-13-9/h6,8H,5H2,1-4H3,(H,10,11,12). The third-order valence-electron chi connectivity index (χ3n) is 2.08. The van der Waals surface area contributed by atoms with Crippen molar-refractivity contribution in [2.24, 2.45) is 5.92 Å². The molecule has 0 bridgehead atoms. The van der Waals surface area contributed by atoms with Crippen molar-refractivity contribution < 1.29 is 0 Å². The fourth-order valence-electron chi connectivity index (χ4n) is 1.25. The average Bonchev–Trinajstić information content (AvgIpc) is 2.46. The van der Waals surface area contributed by atoms with Crippen LogP contribution in [0.25, 0.3) is 0 Å². The minimum atomic E-state index is 0.507. The van der Waals surface area contributed by atoms with Gasteiger partial charge in [-0.25, -0.2) is 4.98 Å². The van der Waals surface area contributed by atoms with Gasteiger partial charge >= 0.3 is 0 Å². The van der Waals surface area contributed by atoms with Crippen molar-refractivity contribution in [3.05, 3.63) is 5.82 Å². The van der Waals surface area contributed by atoms with Gasteiger partial charge in [-0.3, -0.25) is 0 Å². The van der Waals surface area contributed by atoms with Crippen molar-refractivity contribution in [1.29, 1.82) is 0 Å². The highest BCUT2D eigenvalue weighted by Gasteiger charge is 2.12. The zero-order chi connectivity index (χ0) is 9.84. The van der Waals surface area contributed by atoms with E-state index in [1.807, 2.05) is 6.92 Å². The van der Waals surface area contributed by atoms with E-state index >= 15 is 0 Å². The molecule has 13 heavy (non-hydrogen) atoms. The van der Waals surface area contributed by atoms with Crippen LogP contribution in [0.5, 0.6) is 0 Å². The van der Waals surface area contributed by atoms with Gasteiger partial charge in [0.05, 0.1) is 0 Å². The van der Waals surface area contributed by atoms with E-state index in [2.05, 4.69) is 35.4 Å². The van der Waals surface area contributed by atoms with Crippen molar-refractivity contribution in [2.45, 2.75) is 40.2 Å². The van der Waals surface area contributed by atoms with E-state index in [1.54, 1.807) is 0 Å². The molecule has 0 aliphatic rings. The van der Waals surface area contributed by atoms with E-state index in [0.717, 1.165) is 17.4 Å². The first kappa shape index (κ1) is 10.4. The normalized spacial score (nSPS) is 13.3. The minimum Gasteiger partial charge on any atom is -0.357 e. The molecule has 0 saturated carbocycles. The van der Waals surface area contributed by atoms with Gasteiger partial charge < -0.3 is 5.32 Å². The number of anilines is 1. The van der Waals surface area contributed by atoms with Gasteiger partial charge in [0.2, 0.25) is 5.13 Å². The average molecular weight is 199 g/mol. The van der Waals surface area contributed by atoms with Crippen molar-refractivity contribution in [2.75, 3.05) is 5.32 Å². The Hall–Kier alpha value is -0.640. The third-order valence-corrected chi connectivity index (χ3v) is 2.82. The molecule has 0 saturated heterocycles. The van der Waals surface area contributed by atoms with Crippen LogP contribution in [0, 0.1) is 12.8 Å². The number of nitrogens with one attached hydrogen (secondary N) is 1. The van der Waals surface area contributed by atoms with Crippen molar-refractivity contribution in [3.63, 3.8) is 0 Å². The maximum atomic E-state index is 4.28. The molecule has 1 aromatic heterocycles. The Kier molecular flexibility index (Phi) is 3.66. The predicted molar refractivity (Wildman–Crippen MR) is 57.2 cm³/mol. The highest BCUT2D eigenvalue weighted by molar-refractivity contribution is 7.09. The molecule has 0 amide bonds. The van der Waals surface area contributed by atoms with Crippen molar-refractivity contribution >= 4 is 16.7 Å². The van der Waals surface area contributed by atoms with Gasteiger partial charge in [0.25, 0.3) is 0 Å². The van der Waals surface area contributed by atoms with Crippen LogP contribution in [0.2, 0.25) is 0 Å². The Balaban J connectivity index is 2.56. The Morgan fingerprint density at radius 1 is 1.46 bits per heavy atom. The predicted octanol–water partition coefficient (Wildman–Crippen LogP) is 2.69. The quantitative estimate of drug-likeness (QED) is 0.810. The first-order chi connectivity index (χ1) is 6.13. The fraction of sp³-hybridized carbons (Fsp3) is 0.778. The Bertz CT molecular complexity index is 257. The van der Waals surface area contributed by atoms with E-state index < -0.39 is 0 Å². The summed E-state index contributed by atoms with van der Waals surface area (Å²) in [6.07, 6.45) is 1.12. The topological polar surface area (TPSA) is 37.8 Å². The molecule has 0 spiro atoms. The Labute approximate surface area is 83.8 Å². The second kappa shape index (κ2) is 4.56. The lowest BCUT2D eigenvalue weighted by Gasteiger charge is -2.19. The number of hydrogen-bond donors (Lipinski definition) is 1. The van der Waals surface area contributed by atoms with E-state index in [9.17, 15) is 0 Å². The number of aromatic nitrogens is 2. The molecule has 3 nitrogen and oxygen atoms in total. The van der Waals surface area contributed by atoms with E-state index in [0.29, 0.717) is 12.0 Å². The first-order valence-electron chi connectivity index (χ1n) is 4.70. The van der Waals surface area contributed by atoms with Gasteiger partial charge in [-0.1, -0.05) is 20.8 Å². The summed E-state index contributed by atoms with van der Waals surface area (Å²) in [6.45, 7) is 8.54. The van der Waals surface area contributed by atoms with Crippen LogP contribution in [0.1, 0.15) is 33.0 Å². The van der Waals surface area contributed by atoms with Crippen LogP contribution in [-0.4, -0.2) is 15.4 Å². The van der Waals surface area contributed by atoms with E-state index in [1.165, 1.54) is 11.5 Å². The largest absolute Gasteiger partial charge is 0.357 e. The molecule has 0 aliphatic carbocycles. The second-order valence-electron chi connectivity index (χ2n) is 3.55. The Morgan fingerprint density at radius 2 is 2.15 bits per heavy atom. The van der Waals surface area contributed by atoms with E-state index in [4.69, 9.17) is 0 Å². The SMILES string of the molecule is CCC(Nc1nc(C)ns1)C(C)C. The van der Waals surface area contributed by atoms with Gasteiger partial charge in [-0.2, -0.15) is 4.37 Å². The number of aryl methyl sites for hydroxylation is 1. The molecule has 1 atom stereocenters. The van der Waals surface area contributed by atoms with Gasteiger partial charge in [0.15, 0.2) is 0 Å². The molecule has 0 fully saturated rings.